The van der Waals surface area contributed by atoms with Gasteiger partial charge >= 0.3 is 0 Å². The number of pyridine rings is 1. The van der Waals surface area contributed by atoms with Gasteiger partial charge in [-0.3, -0.25) is 19.9 Å². The highest BCUT2D eigenvalue weighted by molar-refractivity contribution is 6.13. The average Bonchev–Trinajstić information content (AvgIpc) is 3.07. The van der Waals surface area contributed by atoms with Crippen molar-refractivity contribution in [2.75, 3.05) is 5.32 Å². The summed E-state index contributed by atoms with van der Waals surface area (Å²) in [6.07, 6.45) is 2.68. The van der Waals surface area contributed by atoms with Crippen molar-refractivity contribution in [3.05, 3.63) is 75.5 Å². The van der Waals surface area contributed by atoms with Crippen LogP contribution in [0.15, 0.2) is 48.5 Å². The first-order chi connectivity index (χ1) is 12.1. The van der Waals surface area contributed by atoms with Gasteiger partial charge in [-0.05, 0) is 37.0 Å². The molecule has 1 aliphatic rings. The van der Waals surface area contributed by atoms with E-state index in [0.29, 0.717) is 11.3 Å². The molecule has 4 rings (SSSR count). The third-order valence-electron chi connectivity index (χ3n) is 4.46. The topological polar surface area (TPSA) is 85.1 Å². The normalized spacial score (nSPS) is 12.8. The van der Waals surface area contributed by atoms with E-state index in [1.54, 1.807) is 12.1 Å². The second kappa shape index (κ2) is 5.98. The number of nitro benzene ring substituents is 1. The lowest BCUT2D eigenvalue weighted by molar-refractivity contribution is -0.384. The molecule has 1 heterocycles. The number of hydrogen-bond donors (Lipinski definition) is 1. The maximum absolute atomic E-state index is 13.0. The predicted octanol–water partition coefficient (Wildman–Crippen LogP) is 3.88. The van der Waals surface area contributed by atoms with Crippen molar-refractivity contribution in [1.82, 2.24) is 4.98 Å². The molecule has 1 N–H and O–H groups in total. The van der Waals surface area contributed by atoms with E-state index in [9.17, 15) is 14.9 Å². The lowest BCUT2D eigenvalue weighted by Gasteiger charge is -2.12. The van der Waals surface area contributed by atoms with Crippen LogP contribution in [0.3, 0.4) is 0 Å². The summed E-state index contributed by atoms with van der Waals surface area (Å²) in [6.45, 7) is 0. The van der Waals surface area contributed by atoms with E-state index in [-0.39, 0.29) is 11.6 Å². The lowest BCUT2D eigenvalue weighted by Crippen LogP contribution is -2.15. The molecule has 124 valence electrons. The Kier molecular flexibility index (Phi) is 3.65. The van der Waals surface area contributed by atoms with Gasteiger partial charge in [-0.15, -0.1) is 0 Å². The standard InChI is InChI=1S/C19H15N3O3/c23-19(20-12-5-3-6-13(11-12)22(24)25)18-14-7-1-2-9-16(14)21-17-10-4-8-15(17)18/h1-3,5-7,9,11H,4,8,10H2,(H,20,23). The van der Waals surface area contributed by atoms with Crippen LogP contribution < -0.4 is 5.32 Å². The SMILES string of the molecule is O=C(Nc1cccc([N+](=O)[O-])c1)c1c2c(nc3ccccc13)CCC2. The maximum Gasteiger partial charge on any atom is 0.271 e. The molecule has 6 nitrogen and oxygen atoms in total. The summed E-state index contributed by atoms with van der Waals surface area (Å²) in [4.78, 5) is 28.1. The van der Waals surface area contributed by atoms with E-state index in [0.717, 1.165) is 41.4 Å². The first-order valence-corrected chi connectivity index (χ1v) is 8.10. The zero-order valence-electron chi connectivity index (χ0n) is 13.4. The smallest absolute Gasteiger partial charge is 0.271 e. The van der Waals surface area contributed by atoms with Crippen LogP contribution in [0.1, 0.15) is 28.0 Å². The van der Waals surface area contributed by atoms with Crippen LogP contribution in [0.4, 0.5) is 11.4 Å². The second-order valence-electron chi connectivity index (χ2n) is 6.04. The average molecular weight is 333 g/mol. The monoisotopic (exact) mass is 333 g/mol. The fourth-order valence-corrected chi connectivity index (χ4v) is 3.36. The van der Waals surface area contributed by atoms with Gasteiger partial charge in [0.2, 0.25) is 0 Å². The molecule has 0 spiro atoms. The lowest BCUT2D eigenvalue weighted by atomic mass is 10.0. The molecule has 0 saturated heterocycles. The molecule has 25 heavy (non-hydrogen) atoms. The summed E-state index contributed by atoms with van der Waals surface area (Å²) < 4.78 is 0. The summed E-state index contributed by atoms with van der Waals surface area (Å²) in [6, 6.07) is 13.5. The molecule has 1 amide bonds. The number of carbonyl (C=O) groups excluding carboxylic acids is 1. The number of aromatic nitrogens is 1. The molecular weight excluding hydrogens is 318 g/mol. The number of rotatable bonds is 3. The number of nitrogens with zero attached hydrogens (tertiary/aromatic N) is 2. The van der Waals surface area contributed by atoms with E-state index in [2.05, 4.69) is 10.3 Å². The van der Waals surface area contributed by atoms with Gasteiger partial charge in [0.05, 0.1) is 16.0 Å². The van der Waals surface area contributed by atoms with E-state index in [1.165, 1.54) is 12.1 Å². The third kappa shape index (κ3) is 2.71. The van der Waals surface area contributed by atoms with Crippen molar-refractivity contribution in [2.45, 2.75) is 19.3 Å². The Balaban J connectivity index is 1.78. The highest BCUT2D eigenvalue weighted by atomic mass is 16.6. The fraction of sp³-hybridized carbons (Fsp3) is 0.158. The molecule has 0 fully saturated rings. The number of fused-ring (bicyclic) bond motifs is 2. The van der Waals surface area contributed by atoms with Crippen molar-refractivity contribution >= 4 is 28.2 Å². The highest BCUT2D eigenvalue weighted by Gasteiger charge is 2.24. The number of carbonyl (C=O) groups is 1. The molecule has 6 heteroatoms. The number of benzene rings is 2. The molecule has 0 bridgehead atoms. The number of amides is 1. The third-order valence-corrected chi connectivity index (χ3v) is 4.46. The van der Waals surface area contributed by atoms with Crippen LogP contribution in [0.5, 0.6) is 0 Å². The summed E-state index contributed by atoms with van der Waals surface area (Å²) in [5, 5.41) is 14.5. The number of nitrogens with one attached hydrogen (secondary N) is 1. The van der Waals surface area contributed by atoms with Gasteiger partial charge < -0.3 is 5.32 Å². The van der Waals surface area contributed by atoms with Crippen LogP contribution in [-0.2, 0) is 12.8 Å². The van der Waals surface area contributed by atoms with Crippen molar-refractivity contribution in [3.63, 3.8) is 0 Å². The Morgan fingerprint density at radius 2 is 1.96 bits per heavy atom. The van der Waals surface area contributed by atoms with Crippen LogP contribution in [0, 0.1) is 10.1 Å². The Hall–Kier alpha value is -3.28. The molecule has 2 aromatic carbocycles. The van der Waals surface area contributed by atoms with E-state index in [4.69, 9.17) is 0 Å². The van der Waals surface area contributed by atoms with E-state index < -0.39 is 4.92 Å². The van der Waals surface area contributed by atoms with Gasteiger partial charge in [0, 0.05) is 28.9 Å². The molecule has 0 radical (unpaired) electrons. The summed E-state index contributed by atoms with van der Waals surface area (Å²) >= 11 is 0. The van der Waals surface area contributed by atoms with Crippen molar-refractivity contribution in [1.29, 1.82) is 0 Å². The molecule has 3 aromatic rings. The Bertz CT molecular complexity index is 1010. The van der Waals surface area contributed by atoms with Gasteiger partial charge in [-0.25, -0.2) is 0 Å². The first kappa shape index (κ1) is 15.3. The summed E-state index contributed by atoms with van der Waals surface area (Å²) in [5.41, 5.74) is 3.75. The minimum absolute atomic E-state index is 0.0531. The zero-order valence-corrected chi connectivity index (χ0v) is 13.4. The maximum atomic E-state index is 13.0. The van der Waals surface area contributed by atoms with Crippen molar-refractivity contribution < 1.29 is 9.72 Å². The number of aryl methyl sites for hydroxylation is 1. The fourth-order valence-electron chi connectivity index (χ4n) is 3.36. The van der Waals surface area contributed by atoms with Crippen LogP contribution >= 0.6 is 0 Å². The Morgan fingerprint density at radius 3 is 2.80 bits per heavy atom. The summed E-state index contributed by atoms with van der Waals surface area (Å²) in [7, 11) is 0. The molecule has 0 atom stereocenters. The minimum Gasteiger partial charge on any atom is -0.322 e. The second-order valence-corrected chi connectivity index (χ2v) is 6.04. The van der Waals surface area contributed by atoms with Crippen LogP contribution in [0.2, 0.25) is 0 Å². The Morgan fingerprint density at radius 1 is 1.12 bits per heavy atom. The molecule has 1 aromatic heterocycles. The number of nitro groups is 1. The van der Waals surface area contributed by atoms with Gasteiger partial charge in [-0.2, -0.15) is 0 Å². The predicted molar refractivity (Wildman–Crippen MR) is 94.8 cm³/mol. The van der Waals surface area contributed by atoms with Gasteiger partial charge in [0.25, 0.3) is 11.6 Å². The molecular formula is C19H15N3O3. The number of anilines is 1. The van der Waals surface area contributed by atoms with Crippen LogP contribution in [0.25, 0.3) is 10.9 Å². The molecule has 0 saturated carbocycles. The molecule has 1 aliphatic carbocycles. The quantitative estimate of drug-likeness (QED) is 0.582. The van der Waals surface area contributed by atoms with Crippen molar-refractivity contribution in [2.24, 2.45) is 0 Å². The number of hydrogen-bond acceptors (Lipinski definition) is 4. The molecule has 0 aliphatic heterocycles. The minimum atomic E-state index is -0.477. The van der Waals surface area contributed by atoms with Crippen LogP contribution in [-0.4, -0.2) is 15.8 Å². The largest absolute Gasteiger partial charge is 0.322 e. The summed E-state index contributed by atoms with van der Waals surface area (Å²) in [5.74, 6) is -0.253. The first-order valence-electron chi connectivity index (χ1n) is 8.10. The number of para-hydroxylation sites is 1. The van der Waals surface area contributed by atoms with E-state index in [1.807, 2.05) is 24.3 Å². The van der Waals surface area contributed by atoms with E-state index >= 15 is 0 Å². The number of non-ortho nitro benzene ring substituents is 1. The highest BCUT2D eigenvalue weighted by Crippen LogP contribution is 2.30. The Labute approximate surface area is 143 Å². The molecule has 0 unspecified atom stereocenters. The van der Waals surface area contributed by atoms with Gasteiger partial charge in [-0.1, -0.05) is 24.3 Å². The van der Waals surface area contributed by atoms with Gasteiger partial charge in [0.1, 0.15) is 0 Å². The van der Waals surface area contributed by atoms with Crippen molar-refractivity contribution in [3.8, 4) is 0 Å². The van der Waals surface area contributed by atoms with Gasteiger partial charge in [0.15, 0.2) is 0 Å². The zero-order chi connectivity index (χ0) is 17.4.